The van der Waals surface area contributed by atoms with E-state index in [-0.39, 0.29) is 18.0 Å². The summed E-state index contributed by atoms with van der Waals surface area (Å²) in [5.41, 5.74) is 0.834. The Morgan fingerprint density at radius 2 is 1.95 bits per heavy atom. The van der Waals surface area contributed by atoms with E-state index in [1.54, 1.807) is 12.1 Å². The van der Waals surface area contributed by atoms with Gasteiger partial charge in [-0.05, 0) is 50.6 Å². The number of hydrogen-bond acceptors (Lipinski definition) is 3. The Bertz CT molecular complexity index is 355. The number of nitrogens with zero attached hydrogens (tertiary/aromatic N) is 1. The Labute approximate surface area is 115 Å². The number of benzene rings is 1. The second kappa shape index (κ2) is 7.46. The number of rotatable bonds is 8. The summed E-state index contributed by atoms with van der Waals surface area (Å²) in [5, 5.41) is 12.7. The third-order valence-corrected chi connectivity index (χ3v) is 3.93. The lowest BCUT2D eigenvalue weighted by Crippen LogP contribution is -2.46. The molecule has 0 spiro atoms. The molecule has 108 valence electrons. The van der Waals surface area contributed by atoms with E-state index in [1.807, 2.05) is 14.1 Å². The van der Waals surface area contributed by atoms with Crippen LogP contribution in [0.4, 0.5) is 10.1 Å². The van der Waals surface area contributed by atoms with Crippen LogP contribution < -0.4 is 10.2 Å². The topological polar surface area (TPSA) is 35.5 Å². The molecule has 0 fully saturated rings. The minimum absolute atomic E-state index is 0.153. The predicted octanol–water partition coefficient (Wildman–Crippen LogP) is 2.40. The van der Waals surface area contributed by atoms with Gasteiger partial charge in [0.15, 0.2) is 0 Å². The van der Waals surface area contributed by atoms with Crippen molar-refractivity contribution in [3.8, 4) is 0 Å². The smallest absolute Gasteiger partial charge is 0.123 e. The summed E-state index contributed by atoms with van der Waals surface area (Å²) >= 11 is 0. The Balaban J connectivity index is 2.46. The molecule has 0 aliphatic heterocycles. The van der Waals surface area contributed by atoms with Crippen LogP contribution in [0.3, 0.4) is 0 Å². The predicted molar refractivity (Wildman–Crippen MR) is 78.1 cm³/mol. The fourth-order valence-electron chi connectivity index (χ4n) is 2.23. The summed E-state index contributed by atoms with van der Waals surface area (Å²) < 4.78 is 12.8. The fourth-order valence-corrected chi connectivity index (χ4v) is 2.23. The van der Waals surface area contributed by atoms with Crippen LogP contribution in [0.15, 0.2) is 24.3 Å². The Hall–Kier alpha value is -1.13. The molecule has 3 nitrogen and oxygen atoms in total. The van der Waals surface area contributed by atoms with Crippen molar-refractivity contribution in [2.45, 2.75) is 31.7 Å². The van der Waals surface area contributed by atoms with Crippen LogP contribution in [0, 0.1) is 5.82 Å². The quantitative estimate of drug-likeness (QED) is 0.760. The maximum Gasteiger partial charge on any atom is 0.123 e. The molecule has 0 saturated heterocycles. The second-order valence-corrected chi connectivity index (χ2v) is 5.04. The lowest BCUT2D eigenvalue weighted by Gasteiger charge is -2.31. The average molecular weight is 268 g/mol. The Morgan fingerprint density at radius 1 is 1.32 bits per heavy atom. The van der Waals surface area contributed by atoms with Gasteiger partial charge in [-0.3, -0.25) is 0 Å². The molecular weight excluding hydrogens is 243 g/mol. The molecule has 2 N–H and O–H groups in total. The van der Waals surface area contributed by atoms with Crippen LogP contribution in [0.25, 0.3) is 0 Å². The van der Waals surface area contributed by atoms with Gasteiger partial charge in [0.2, 0.25) is 0 Å². The third kappa shape index (κ3) is 4.48. The molecule has 1 aromatic carbocycles. The number of aliphatic hydroxyl groups excluding tert-OH is 1. The lowest BCUT2D eigenvalue weighted by molar-refractivity contribution is 0.153. The highest BCUT2D eigenvalue weighted by atomic mass is 19.1. The highest BCUT2D eigenvalue weighted by molar-refractivity contribution is 5.45. The molecule has 19 heavy (non-hydrogen) atoms. The molecule has 1 rings (SSSR count). The zero-order valence-corrected chi connectivity index (χ0v) is 12.1. The standard InChI is InChI=1S/C15H25FN2O/c1-4-15(12-19,17-2)10-5-11-18(3)14-8-6-13(16)7-9-14/h6-9,17,19H,4-5,10-12H2,1-3H3. The monoisotopic (exact) mass is 268 g/mol. The van der Waals surface area contributed by atoms with Crippen molar-refractivity contribution in [1.29, 1.82) is 0 Å². The minimum atomic E-state index is -0.211. The maximum atomic E-state index is 12.8. The van der Waals surface area contributed by atoms with Crippen molar-refractivity contribution in [2.75, 3.05) is 32.1 Å². The fraction of sp³-hybridized carbons (Fsp3) is 0.600. The number of aliphatic hydroxyl groups is 1. The van der Waals surface area contributed by atoms with E-state index < -0.39 is 0 Å². The van der Waals surface area contributed by atoms with Crippen molar-refractivity contribution >= 4 is 5.69 Å². The highest BCUT2D eigenvalue weighted by Crippen LogP contribution is 2.18. The lowest BCUT2D eigenvalue weighted by atomic mass is 9.91. The van der Waals surface area contributed by atoms with Crippen LogP contribution in [0.5, 0.6) is 0 Å². The Morgan fingerprint density at radius 3 is 2.42 bits per heavy atom. The van der Waals surface area contributed by atoms with E-state index in [1.165, 1.54) is 12.1 Å². The van der Waals surface area contributed by atoms with Gasteiger partial charge in [0, 0.05) is 24.8 Å². The average Bonchev–Trinajstić information content (AvgIpc) is 2.45. The second-order valence-electron chi connectivity index (χ2n) is 5.04. The number of anilines is 1. The van der Waals surface area contributed by atoms with Crippen molar-refractivity contribution < 1.29 is 9.50 Å². The molecule has 1 aromatic rings. The first-order valence-corrected chi connectivity index (χ1v) is 6.83. The first-order valence-electron chi connectivity index (χ1n) is 6.83. The number of halogens is 1. The van der Waals surface area contributed by atoms with Crippen LogP contribution in [0.2, 0.25) is 0 Å². The largest absolute Gasteiger partial charge is 0.394 e. The SMILES string of the molecule is CCC(CO)(CCCN(C)c1ccc(F)cc1)NC. The highest BCUT2D eigenvalue weighted by Gasteiger charge is 2.24. The molecule has 0 saturated carbocycles. The van der Waals surface area contributed by atoms with E-state index in [9.17, 15) is 9.50 Å². The molecule has 0 radical (unpaired) electrons. The first-order chi connectivity index (χ1) is 9.06. The van der Waals surface area contributed by atoms with Crippen molar-refractivity contribution in [3.63, 3.8) is 0 Å². The van der Waals surface area contributed by atoms with E-state index >= 15 is 0 Å². The van der Waals surface area contributed by atoms with Gasteiger partial charge in [0.25, 0.3) is 0 Å². The molecule has 0 bridgehead atoms. The summed E-state index contributed by atoms with van der Waals surface area (Å²) in [6.45, 7) is 3.12. The normalized spacial score (nSPS) is 14.2. The third-order valence-electron chi connectivity index (χ3n) is 3.93. The van der Waals surface area contributed by atoms with Gasteiger partial charge in [-0.15, -0.1) is 0 Å². The van der Waals surface area contributed by atoms with Crippen molar-refractivity contribution in [2.24, 2.45) is 0 Å². The first kappa shape index (κ1) is 15.9. The number of likely N-dealkylation sites (N-methyl/N-ethyl adjacent to an activating group) is 1. The molecule has 0 aliphatic rings. The molecule has 4 heteroatoms. The summed E-state index contributed by atoms with van der Waals surface area (Å²) in [4.78, 5) is 2.10. The summed E-state index contributed by atoms with van der Waals surface area (Å²) in [6, 6.07) is 6.52. The zero-order chi connectivity index (χ0) is 14.3. The molecule has 1 unspecified atom stereocenters. The number of nitrogens with one attached hydrogen (secondary N) is 1. The van der Waals surface area contributed by atoms with Gasteiger partial charge in [0.1, 0.15) is 5.82 Å². The molecule has 0 amide bonds. The van der Waals surface area contributed by atoms with Gasteiger partial charge in [-0.1, -0.05) is 6.92 Å². The molecule has 0 heterocycles. The zero-order valence-electron chi connectivity index (χ0n) is 12.1. The van der Waals surface area contributed by atoms with Gasteiger partial charge in [-0.2, -0.15) is 0 Å². The van der Waals surface area contributed by atoms with E-state index in [2.05, 4.69) is 17.1 Å². The molecule has 0 aliphatic carbocycles. The maximum absolute atomic E-state index is 12.8. The summed E-state index contributed by atoms with van der Waals surface area (Å²) in [7, 11) is 3.89. The van der Waals surface area contributed by atoms with Crippen LogP contribution in [0.1, 0.15) is 26.2 Å². The van der Waals surface area contributed by atoms with Gasteiger partial charge >= 0.3 is 0 Å². The Kier molecular flexibility index (Phi) is 6.25. The molecule has 0 aromatic heterocycles. The summed E-state index contributed by atoms with van der Waals surface area (Å²) in [5.74, 6) is -0.211. The van der Waals surface area contributed by atoms with Crippen molar-refractivity contribution in [3.05, 3.63) is 30.1 Å². The van der Waals surface area contributed by atoms with E-state index in [4.69, 9.17) is 0 Å². The van der Waals surface area contributed by atoms with Crippen LogP contribution in [-0.2, 0) is 0 Å². The van der Waals surface area contributed by atoms with Gasteiger partial charge in [0.05, 0.1) is 6.61 Å². The van der Waals surface area contributed by atoms with E-state index in [0.717, 1.165) is 31.5 Å². The molecular formula is C15H25FN2O. The summed E-state index contributed by atoms with van der Waals surface area (Å²) in [6.07, 6.45) is 2.80. The molecule has 1 atom stereocenters. The van der Waals surface area contributed by atoms with E-state index in [0.29, 0.717) is 0 Å². The van der Waals surface area contributed by atoms with Crippen LogP contribution in [-0.4, -0.2) is 37.9 Å². The van der Waals surface area contributed by atoms with Gasteiger partial charge < -0.3 is 15.3 Å². The minimum Gasteiger partial charge on any atom is -0.394 e. The van der Waals surface area contributed by atoms with Crippen molar-refractivity contribution in [1.82, 2.24) is 5.32 Å². The van der Waals surface area contributed by atoms with Crippen LogP contribution >= 0.6 is 0 Å². The number of hydrogen-bond donors (Lipinski definition) is 2. The van der Waals surface area contributed by atoms with Gasteiger partial charge in [-0.25, -0.2) is 4.39 Å².